The van der Waals surface area contributed by atoms with Crippen molar-refractivity contribution < 1.29 is 4.79 Å². The van der Waals surface area contributed by atoms with Crippen molar-refractivity contribution in [2.75, 3.05) is 11.1 Å². The summed E-state index contributed by atoms with van der Waals surface area (Å²) in [6, 6.07) is 15.8. The van der Waals surface area contributed by atoms with E-state index >= 15 is 0 Å². The molecule has 3 heteroatoms. The Hall–Kier alpha value is -2.29. The highest BCUT2D eigenvalue weighted by atomic mass is 16.1. The molecule has 104 valence electrons. The average Bonchev–Trinajstić information content (AvgIpc) is 2.44. The van der Waals surface area contributed by atoms with Crippen LogP contribution in [0.3, 0.4) is 0 Å². The van der Waals surface area contributed by atoms with Crippen LogP contribution in [0, 0.1) is 6.92 Å². The van der Waals surface area contributed by atoms with Gasteiger partial charge in [-0.05, 0) is 43.0 Å². The number of hydrogen-bond acceptors (Lipinski definition) is 2. The van der Waals surface area contributed by atoms with Crippen LogP contribution in [-0.4, -0.2) is 5.91 Å². The highest BCUT2D eigenvalue weighted by Crippen LogP contribution is 2.20. The van der Waals surface area contributed by atoms with Gasteiger partial charge in [0.2, 0.25) is 5.91 Å². The first-order valence-electron chi connectivity index (χ1n) is 6.85. The minimum atomic E-state index is 0.0123. The number of nitrogens with two attached hydrogens (primary N) is 1. The highest BCUT2D eigenvalue weighted by Gasteiger charge is 2.05. The van der Waals surface area contributed by atoms with Crippen LogP contribution in [-0.2, 0) is 11.2 Å². The quantitative estimate of drug-likeness (QED) is 0.815. The van der Waals surface area contributed by atoms with Crippen LogP contribution in [0.4, 0.5) is 11.4 Å². The number of amides is 1. The SMILES string of the molecule is Cc1ccc(N)c(NC(=O)CCCc2ccccc2)c1. The number of hydrogen-bond donors (Lipinski definition) is 2. The van der Waals surface area contributed by atoms with Crippen molar-refractivity contribution in [1.82, 2.24) is 0 Å². The summed E-state index contributed by atoms with van der Waals surface area (Å²) in [5, 5.41) is 2.87. The second kappa shape index (κ2) is 6.75. The summed E-state index contributed by atoms with van der Waals surface area (Å²) in [6.07, 6.45) is 2.25. The molecule has 3 nitrogen and oxygen atoms in total. The maximum Gasteiger partial charge on any atom is 0.224 e. The van der Waals surface area contributed by atoms with Crippen LogP contribution in [0.2, 0.25) is 0 Å². The van der Waals surface area contributed by atoms with Gasteiger partial charge < -0.3 is 11.1 Å². The molecule has 2 rings (SSSR count). The van der Waals surface area contributed by atoms with Gasteiger partial charge in [0.05, 0.1) is 11.4 Å². The predicted octanol–water partition coefficient (Wildman–Crippen LogP) is 3.54. The smallest absolute Gasteiger partial charge is 0.224 e. The first-order valence-corrected chi connectivity index (χ1v) is 6.85. The third-order valence-electron chi connectivity index (χ3n) is 3.19. The minimum Gasteiger partial charge on any atom is -0.397 e. The lowest BCUT2D eigenvalue weighted by Crippen LogP contribution is -2.13. The van der Waals surface area contributed by atoms with Crippen LogP contribution < -0.4 is 11.1 Å². The number of carbonyl (C=O) groups excluding carboxylic acids is 1. The van der Waals surface area contributed by atoms with E-state index < -0.39 is 0 Å². The molecule has 1 amide bonds. The molecule has 0 heterocycles. The number of carbonyl (C=O) groups is 1. The maximum atomic E-state index is 11.9. The molecule has 0 fully saturated rings. The second-order valence-electron chi connectivity index (χ2n) is 4.98. The normalized spacial score (nSPS) is 10.2. The zero-order valence-corrected chi connectivity index (χ0v) is 11.7. The van der Waals surface area contributed by atoms with Crippen LogP contribution >= 0.6 is 0 Å². The van der Waals surface area contributed by atoms with Gasteiger partial charge in [0.25, 0.3) is 0 Å². The molecule has 0 unspecified atom stereocenters. The van der Waals surface area contributed by atoms with Gasteiger partial charge >= 0.3 is 0 Å². The molecule has 2 aromatic rings. The molecule has 0 radical (unpaired) electrons. The standard InChI is InChI=1S/C17H20N2O/c1-13-10-11-15(18)16(12-13)19-17(20)9-5-8-14-6-3-2-4-7-14/h2-4,6-7,10-12H,5,8-9,18H2,1H3,(H,19,20). The van der Waals surface area contributed by atoms with E-state index in [0.29, 0.717) is 17.8 Å². The minimum absolute atomic E-state index is 0.0123. The van der Waals surface area contributed by atoms with E-state index in [4.69, 9.17) is 5.73 Å². The van der Waals surface area contributed by atoms with E-state index in [1.807, 2.05) is 43.3 Å². The van der Waals surface area contributed by atoms with E-state index in [-0.39, 0.29) is 5.91 Å². The molecule has 3 N–H and O–H groups in total. The maximum absolute atomic E-state index is 11.9. The van der Waals surface area contributed by atoms with Gasteiger partial charge in [-0.25, -0.2) is 0 Å². The van der Waals surface area contributed by atoms with Gasteiger partial charge in [-0.3, -0.25) is 4.79 Å². The Balaban J connectivity index is 1.82. The first-order chi connectivity index (χ1) is 9.65. The van der Waals surface area contributed by atoms with Gasteiger partial charge in [-0.2, -0.15) is 0 Å². The molecule has 2 aromatic carbocycles. The lowest BCUT2D eigenvalue weighted by atomic mass is 10.1. The molecule has 0 saturated carbocycles. The molecule has 0 aliphatic heterocycles. The molecule has 20 heavy (non-hydrogen) atoms. The highest BCUT2D eigenvalue weighted by molar-refractivity contribution is 5.93. The number of benzene rings is 2. The Labute approximate surface area is 119 Å². The van der Waals surface area contributed by atoms with E-state index in [1.54, 1.807) is 0 Å². The molecule has 0 aromatic heterocycles. The number of anilines is 2. The zero-order chi connectivity index (χ0) is 14.4. The van der Waals surface area contributed by atoms with Crippen molar-refractivity contribution in [1.29, 1.82) is 0 Å². The lowest BCUT2D eigenvalue weighted by molar-refractivity contribution is -0.116. The van der Waals surface area contributed by atoms with Crippen molar-refractivity contribution in [3.63, 3.8) is 0 Å². The van der Waals surface area contributed by atoms with E-state index in [1.165, 1.54) is 5.56 Å². The third kappa shape index (κ3) is 4.12. The van der Waals surface area contributed by atoms with Gasteiger partial charge in [-0.1, -0.05) is 36.4 Å². The van der Waals surface area contributed by atoms with Crippen molar-refractivity contribution in [3.05, 3.63) is 59.7 Å². The molecule has 0 spiro atoms. The Bertz CT molecular complexity index is 579. The van der Waals surface area contributed by atoms with Crippen LogP contribution in [0.5, 0.6) is 0 Å². The molecule has 0 atom stereocenters. The van der Waals surface area contributed by atoms with Gasteiger partial charge in [0.1, 0.15) is 0 Å². The first kappa shape index (κ1) is 14.1. The summed E-state index contributed by atoms with van der Waals surface area (Å²) >= 11 is 0. The predicted molar refractivity (Wildman–Crippen MR) is 83.6 cm³/mol. The monoisotopic (exact) mass is 268 g/mol. The fraction of sp³-hybridized carbons (Fsp3) is 0.235. The summed E-state index contributed by atoms with van der Waals surface area (Å²) in [5.41, 5.74) is 9.49. The molecular weight excluding hydrogens is 248 g/mol. The molecule has 0 aliphatic carbocycles. The Morgan fingerprint density at radius 3 is 2.65 bits per heavy atom. The fourth-order valence-corrected chi connectivity index (χ4v) is 2.09. The fourth-order valence-electron chi connectivity index (χ4n) is 2.09. The topological polar surface area (TPSA) is 55.1 Å². The summed E-state index contributed by atoms with van der Waals surface area (Å²) < 4.78 is 0. The van der Waals surface area contributed by atoms with Gasteiger partial charge in [-0.15, -0.1) is 0 Å². The second-order valence-corrected chi connectivity index (χ2v) is 4.98. The van der Waals surface area contributed by atoms with E-state index in [9.17, 15) is 4.79 Å². The summed E-state index contributed by atoms with van der Waals surface area (Å²) in [4.78, 5) is 11.9. The molecule has 0 bridgehead atoms. The van der Waals surface area contributed by atoms with Gasteiger partial charge in [0, 0.05) is 6.42 Å². The Morgan fingerprint density at radius 1 is 1.15 bits per heavy atom. The Morgan fingerprint density at radius 2 is 1.90 bits per heavy atom. The zero-order valence-electron chi connectivity index (χ0n) is 11.7. The molecule has 0 saturated heterocycles. The Kier molecular flexibility index (Phi) is 4.77. The summed E-state index contributed by atoms with van der Waals surface area (Å²) in [7, 11) is 0. The van der Waals surface area contributed by atoms with Crippen molar-refractivity contribution >= 4 is 17.3 Å². The summed E-state index contributed by atoms with van der Waals surface area (Å²) in [5.74, 6) is 0.0123. The number of aryl methyl sites for hydroxylation is 2. The third-order valence-corrected chi connectivity index (χ3v) is 3.19. The number of nitrogens with one attached hydrogen (secondary N) is 1. The molecular formula is C17H20N2O. The number of rotatable bonds is 5. The largest absolute Gasteiger partial charge is 0.397 e. The number of nitrogen functional groups attached to an aromatic ring is 1. The average molecular weight is 268 g/mol. The van der Waals surface area contributed by atoms with Crippen molar-refractivity contribution in [3.8, 4) is 0 Å². The summed E-state index contributed by atoms with van der Waals surface area (Å²) in [6.45, 7) is 1.98. The van der Waals surface area contributed by atoms with E-state index in [0.717, 1.165) is 18.4 Å². The van der Waals surface area contributed by atoms with Crippen LogP contribution in [0.25, 0.3) is 0 Å². The van der Waals surface area contributed by atoms with Crippen molar-refractivity contribution in [2.24, 2.45) is 0 Å². The van der Waals surface area contributed by atoms with Gasteiger partial charge in [0.15, 0.2) is 0 Å². The lowest BCUT2D eigenvalue weighted by Gasteiger charge is -2.09. The molecule has 0 aliphatic rings. The van der Waals surface area contributed by atoms with Crippen LogP contribution in [0.1, 0.15) is 24.0 Å². The van der Waals surface area contributed by atoms with Crippen LogP contribution in [0.15, 0.2) is 48.5 Å². The van der Waals surface area contributed by atoms with Crippen molar-refractivity contribution in [2.45, 2.75) is 26.2 Å². The van der Waals surface area contributed by atoms with E-state index in [2.05, 4.69) is 17.4 Å².